The third-order valence-corrected chi connectivity index (χ3v) is 5.80. The van der Waals surface area contributed by atoms with E-state index in [0.717, 1.165) is 10.1 Å². The van der Waals surface area contributed by atoms with Gasteiger partial charge in [0.2, 0.25) is 0 Å². The van der Waals surface area contributed by atoms with Crippen LogP contribution in [0.1, 0.15) is 15.2 Å². The molecule has 0 saturated heterocycles. The Bertz CT molecular complexity index is 1080. The zero-order valence-electron chi connectivity index (χ0n) is 16.2. The van der Waals surface area contributed by atoms with E-state index in [4.69, 9.17) is 30.5 Å². The van der Waals surface area contributed by atoms with Crippen molar-refractivity contribution in [2.75, 3.05) is 28.4 Å². The summed E-state index contributed by atoms with van der Waals surface area (Å²) in [4.78, 5) is 12.9. The van der Waals surface area contributed by atoms with Crippen molar-refractivity contribution in [3.63, 3.8) is 0 Å². The fraction of sp³-hybridized carbons (Fsp3) is 0.200. The van der Waals surface area contributed by atoms with Gasteiger partial charge >= 0.3 is 0 Å². The van der Waals surface area contributed by atoms with Gasteiger partial charge in [0.25, 0.3) is 5.91 Å². The van der Waals surface area contributed by atoms with E-state index >= 15 is 0 Å². The summed E-state index contributed by atoms with van der Waals surface area (Å²) in [6.07, 6.45) is 1.46. The predicted molar refractivity (Wildman–Crippen MR) is 115 cm³/mol. The van der Waals surface area contributed by atoms with Crippen molar-refractivity contribution in [1.82, 2.24) is 5.43 Å². The average molecular weight is 435 g/mol. The van der Waals surface area contributed by atoms with Gasteiger partial charge in [0.15, 0.2) is 11.5 Å². The number of carbonyl (C=O) groups excluding carboxylic acids is 1. The molecular formula is C20H19ClN2O5S. The molecule has 1 N–H and O–H groups in total. The maximum atomic E-state index is 12.6. The van der Waals surface area contributed by atoms with Crippen molar-refractivity contribution in [2.24, 2.45) is 5.10 Å². The second-order valence-electron chi connectivity index (χ2n) is 5.76. The van der Waals surface area contributed by atoms with Crippen molar-refractivity contribution >= 4 is 45.1 Å². The Kier molecular flexibility index (Phi) is 6.46. The molecule has 3 aromatic rings. The fourth-order valence-corrected chi connectivity index (χ4v) is 4.12. The van der Waals surface area contributed by atoms with Gasteiger partial charge in [0.05, 0.1) is 39.7 Å². The van der Waals surface area contributed by atoms with Crippen LogP contribution in [0.2, 0.25) is 5.02 Å². The smallest absolute Gasteiger partial charge is 0.283 e. The lowest BCUT2D eigenvalue weighted by Gasteiger charge is -2.11. The number of hydrazone groups is 1. The molecule has 0 spiro atoms. The minimum atomic E-state index is -0.411. The van der Waals surface area contributed by atoms with Gasteiger partial charge in [-0.05, 0) is 24.3 Å². The van der Waals surface area contributed by atoms with Gasteiger partial charge in [-0.3, -0.25) is 4.79 Å². The number of benzene rings is 2. The van der Waals surface area contributed by atoms with Gasteiger partial charge < -0.3 is 18.9 Å². The number of hydrogen-bond acceptors (Lipinski definition) is 7. The number of amides is 1. The molecule has 1 heterocycles. The van der Waals surface area contributed by atoms with E-state index in [-0.39, 0.29) is 0 Å². The first-order valence-corrected chi connectivity index (χ1v) is 9.61. The van der Waals surface area contributed by atoms with E-state index in [9.17, 15) is 4.79 Å². The van der Waals surface area contributed by atoms with E-state index in [0.29, 0.717) is 38.5 Å². The maximum Gasteiger partial charge on any atom is 0.283 e. The summed E-state index contributed by atoms with van der Waals surface area (Å²) in [5.41, 5.74) is 3.10. The molecule has 3 rings (SSSR count). The average Bonchev–Trinajstić information content (AvgIpc) is 3.08. The second-order valence-corrected chi connectivity index (χ2v) is 7.19. The maximum absolute atomic E-state index is 12.6. The molecule has 29 heavy (non-hydrogen) atoms. The van der Waals surface area contributed by atoms with Crippen LogP contribution in [-0.4, -0.2) is 40.6 Å². The fourth-order valence-electron chi connectivity index (χ4n) is 2.68. The molecule has 152 valence electrons. The van der Waals surface area contributed by atoms with Crippen LogP contribution in [0.3, 0.4) is 0 Å². The Labute approximate surface area is 176 Å². The van der Waals surface area contributed by atoms with Crippen LogP contribution in [0, 0.1) is 0 Å². The van der Waals surface area contributed by atoms with Crippen LogP contribution in [0.15, 0.2) is 35.4 Å². The minimum Gasteiger partial charge on any atom is -0.497 e. The number of carbonyl (C=O) groups is 1. The summed E-state index contributed by atoms with van der Waals surface area (Å²) in [5.74, 6) is 1.85. The zero-order valence-corrected chi connectivity index (χ0v) is 17.8. The summed E-state index contributed by atoms with van der Waals surface area (Å²) in [6, 6.07) is 8.83. The van der Waals surface area contributed by atoms with Crippen molar-refractivity contribution in [2.45, 2.75) is 0 Å². The molecule has 2 aromatic carbocycles. The van der Waals surface area contributed by atoms with Crippen LogP contribution in [0.5, 0.6) is 23.0 Å². The standard InChI is InChI=1S/C20H19ClN2O5S/c1-25-12-5-6-13-17(8-12)29-19(18(13)21)20(24)23-22-10-11-7-15(27-3)16(28-4)9-14(11)26-2/h5-10H,1-4H3,(H,23,24)/b22-10-. The van der Waals surface area contributed by atoms with E-state index in [1.807, 2.05) is 12.1 Å². The molecule has 0 fully saturated rings. The molecule has 0 unspecified atom stereocenters. The third-order valence-electron chi connectivity index (χ3n) is 4.15. The Morgan fingerprint density at radius 2 is 1.69 bits per heavy atom. The van der Waals surface area contributed by atoms with Crippen LogP contribution in [0.25, 0.3) is 10.1 Å². The quantitative estimate of drug-likeness (QED) is 0.441. The van der Waals surface area contributed by atoms with Gasteiger partial charge in [-0.15, -0.1) is 11.3 Å². The van der Waals surface area contributed by atoms with Crippen LogP contribution in [-0.2, 0) is 0 Å². The van der Waals surface area contributed by atoms with Gasteiger partial charge in [0, 0.05) is 21.7 Å². The molecule has 0 aliphatic carbocycles. The van der Waals surface area contributed by atoms with Crippen molar-refractivity contribution in [3.05, 3.63) is 45.8 Å². The number of hydrogen-bond donors (Lipinski definition) is 1. The van der Waals surface area contributed by atoms with Gasteiger partial charge in [-0.25, -0.2) is 5.43 Å². The Morgan fingerprint density at radius 3 is 2.34 bits per heavy atom. The highest BCUT2D eigenvalue weighted by molar-refractivity contribution is 7.21. The summed E-state index contributed by atoms with van der Waals surface area (Å²) < 4.78 is 21.9. The van der Waals surface area contributed by atoms with Gasteiger partial charge in [-0.2, -0.15) is 5.10 Å². The first-order chi connectivity index (χ1) is 14.0. The molecule has 0 aliphatic rings. The molecule has 0 aliphatic heterocycles. The third kappa shape index (κ3) is 4.23. The van der Waals surface area contributed by atoms with E-state index in [1.54, 1.807) is 25.3 Å². The van der Waals surface area contributed by atoms with E-state index < -0.39 is 5.91 Å². The van der Waals surface area contributed by atoms with Gasteiger partial charge in [-0.1, -0.05) is 11.6 Å². The Balaban J connectivity index is 1.83. The number of ether oxygens (including phenoxy) is 4. The number of thiophene rings is 1. The van der Waals surface area contributed by atoms with Gasteiger partial charge in [0.1, 0.15) is 16.4 Å². The highest BCUT2D eigenvalue weighted by Gasteiger charge is 2.17. The SMILES string of the molecule is COc1ccc2c(Cl)c(C(=O)N/N=C\c3cc(OC)c(OC)cc3OC)sc2c1. The molecule has 0 bridgehead atoms. The lowest BCUT2D eigenvalue weighted by molar-refractivity contribution is 0.0959. The lowest BCUT2D eigenvalue weighted by Crippen LogP contribution is -2.16. The van der Waals surface area contributed by atoms with E-state index in [2.05, 4.69) is 10.5 Å². The monoisotopic (exact) mass is 434 g/mol. The first kappa shape index (κ1) is 20.8. The van der Waals surface area contributed by atoms with Crippen LogP contribution < -0.4 is 24.4 Å². The molecule has 1 aromatic heterocycles. The zero-order chi connectivity index (χ0) is 21.0. The number of methoxy groups -OCH3 is 4. The number of nitrogens with zero attached hydrogens (tertiary/aromatic N) is 1. The minimum absolute atomic E-state index is 0.367. The molecule has 9 heteroatoms. The summed E-state index contributed by atoms with van der Waals surface area (Å²) >= 11 is 7.64. The first-order valence-electron chi connectivity index (χ1n) is 8.41. The number of halogens is 1. The largest absolute Gasteiger partial charge is 0.497 e. The molecule has 1 amide bonds. The molecular weight excluding hydrogens is 416 g/mol. The topological polar surface area (TPSA) is 78.4 Å². The van der Waals surface area contributed by atoms with Crippen molar-refractivity contribution < 1.29 is 23.7 Å². The predicted octanol–water partition coefficient (Wildman–Crippen LogP) is 4.35. The normalized spacial score (nSPS) is 10.9. The summed E-state index contributed by atoms with van der Waals surface area (Å²) in [6.45, 7) is 0. The highest BCUT2D eigenvalue weighted by Crippen LogP contribution is 2.37. The van der Waals surface area contributed by atoms with Crippen molar-refractivity contribution in [3.8, 4) is 23.0 Å². The van der Waals surface area contributed by atoms with Crippen molar-refractivity contribution in [1.29, 1.82) is 0 Å². The molecule has 0 atom stereocenters. The molecule has 0 radical (unpaired) electrons. The Hall–Kier alpha value is -2.97. The number of rotatable bonds is 7. The number of fused-ring (bicyclic) bond motifs is 1. The highest BCUT2D eigenvalue weighted by atomic mass is 35.5. The summed E-state index contributed by atoms with van der Waals surface area (Å²) in [7, 11) is 6.19. The van der Waals surface area contributed by atoms with Crippen LogP contribution in [0.4, 0.5) is 0 Å². The second kappa shape index (κ2) is 9.02. The molecule has 0 saturated carbocycles. The molecule has 7 nitrogen and oxygen atoms in total. The Morgan fingerprint density at radius 1 is 1.00 bits per heavy atom. The number of nitrogens with one attached hydrogen (secondary N) is 1. The lowest BCUT2D eigenvalue weighted by atomic mass is 10.2. The summed E-state index contributed by atoms with van der Waals surface area (Å²) in [5, 5.41) is 5.19. The van der Waals surface area contributed by atoms with E-state index in [1.165, 1.54) is 38.9 Å². The van der Waals surface area contributed by atoms with Crippen LogP contribution >= 0.6 is 22.9 Å².